The van der Waals surface area contributed by atoms with Gasteiger partial charge in [-0.15, -0.1) is 0 Å². The minimum absolute atomic E-state index is 0.0398. The fourth-order valence-electron chi connectivity index (χ4n) is 1.32. The Labute approximate surface area is 135 Å². The molecule has 23 heavy (non-hydrogen) atoms. The first-order valence-electron chi connectivity index (χ1n) is 7.23. The van der Waals surface area contributed by atoms with E-state index in [1.807, 2.05) is 0 Å². The van der Waals surface area contributed by atoms with Crippen molar-refractivity contribution in [3.63, 3.8) is 0 Å². The van der Waals surface area contributed by atoms with E-state index in [1.54, 1.807) is 20.8 Å². The summed E-state index contributed by atoms with van der Waals surface area (Å²) < 4.78 is 10.3. The Morgan fingerprint density at radius 2 is 1.61 bits per heavy atom. The maximum absolute atomic E-state index is 11.5. The Hall–Kier alpha value is -2.07. The predicted octanol–water partition coefficient (Wildman–Crippen LogP) is -1.36. The largest absolute Gasteiger partial charge is 0.444 e. The van der Waals surface area contributed by atoms with Crippen molar-refractivity contribution in [2.75, 3.05) is 32.8 Å². The molecule has 134 valence electrons. The van der Waals surface area contributed by atoms with Crippen molar-refractivity contribution in [2.24, 2.45) is 11.5 Å². The van der Waals surface area contributed by atoms with Crippen molar-refractivity contribution in [3.05, 3.63) is 0 Å². The minimum atomic E-state index is -0.878. The molecule has 0 aliphatic rings. The number of nitrogens with one attached hydrogen (secondary N) is 3. The molecule has 0 rings (SSSR count). The Kier molecular flexibility index (Phi) is 9.67. The Morgan fingerprint density at radius 1 is 1.04 bits per heavy atom. The summed E-state index contributed by atoms with van der Waals surface area (Å²) in [4.78, 5) is 33.3. The van der Waals surface area contributed by atoms with Crippen LogP contribution in [-0.2, 0) is 14.3 Å². The van der Waals surface area contributed by atoms with Crippen LogP contribution in [0.3, 0.4) is 0 Å². The molecule has 0 fully saturated rings. The number of carbonyl (C=O) groups excluding carboxylic acids is 3. The lowest BCUT2D eigenvalue weighted by Gasteiger charge is -2.19. The second-order valence-electron chi connectivity index (χ2n) is 5.68. The first-order valence-corrected chi connectivity index (χ1v) is 7.23. The standard InChI is InChI=1S/C13H27N5O5/c1-13(2,3)23-12(21)17-5-7-22-6-4-16-10(19)9(14)8-18-11(15)20/h9H,4-8,14H2,1-3H3,(H,16,19)(H,17,21)(H3,15,18,20). The second-order valence-corrected chi connectivity index (χ2v) is 5.68. The van der Waals surface area contributed by atoms with Gasteiger partial charge in [-0.2, -0.15) is 0 Å². The van der Waals surface area contributed by atoms with E-state index in [1.165, 1.54) is 0 Å². The topological polar surface area (TPSA) is 158 Å². The monoisotopic (exact) mass is 333 g/mol. The molecule has 7 N–H and O–H groups in total. The summed E-state index contributed by atoms with van der Waals surface area (Å²) in [7, 11) is 0. The van der Waals surface area contributed by atoms with E-state index in [-0.39, 0.29) is 26.3 Å². The zero-order valence-electron chi connectivity index (χ0n) is 13.8. The smallest absolute Gasteiger partial charge is 0.407 e. The number of hydrogen-bond donors (Lipinski definition) is 5. The SMILES string of the molecule is CC(C)(C)OC(=O)NCCOCCNC(=O)C(N)CNC(N)=O. The van der Waals surface area contributed by atoms with E-state index in [4.69, 9.17) is 20.9 Å². The third-order valence-electron chi connectivity index (χ3n) is 2.29. The van der Waals surface area contributed by atoms with Gasteiger partial charge in [0.15, 0.2) is 0 Å². The highest BCUT2D eigenvalue weighted by molar-refractivity contribution is 5.82. The lowest BCUT2D eigenvalue weighted by molar-refractivity contribution is -0.122. The molecule has 0 radical (unpaired) electrons. The van der Waals surface area contributed by atoms with Gasteiger partial charge in [0.2, 0.25) is 5.91 Å². The van der Waals surface area contributed by atoms with E-state index in [0.717, 1.165) is 0 Å². The van der Waals surface area contributed by atoms with Crippen LogP contribution in [0.4, 0.5) is 9.59 Å². The van der Waals surface area contributed by atoms with Crippen molar-refractivity contribution >= 4 is 18.0 Å². The molecule has 4 amide bonds. The molecule has 0 saturated heterocycles. The molecule has 0 spiro atoms. The zero-order valence-corrected chi connectivity index (χ0v) is 13.8. The van der Waals surface area contributed by atoms with Crippen molar-refractivity contribution in [1.82, 2.24) is 16.0 Å². The minimum Gasteiger partial charge on any atom is -0.444 e. The van der Waals surface area contributed by atoms with Gasteiger partial charge >= 0.3 is 12.1 Å². The van der Waals surface area contributed by atoms with Crippen LogP contribution in [0.1, 0.15) is 20.8 Å². The van der Waals surface area contributed by atoms with E-state index >= 15 is 0 Å². The number of primary amides is 1. The summed E-state index contributed by atoms with van der Waals surface area (Å²) in [5.74, 6) is -0.422. The molecule has 0 aromatic carbocycles. The molecule has 0 bridgehead atoms. The molecule has 0 aromatic rings. The molecular weight excluding hydrogens is 306 g/mol. The molecule has 10 heteroatoms. The normalized spacial score (nSPS) is 12.2. The number of amides is 4. The lowest BCUT2D eigenvalue weighted by Crippen LogP contribution is -2.49. The first-order chi connectivity index (χ1) is 10.6. The van der Waals surface area contributed by atoms with Crippen LogP contribution in [0.2, 0.25) is 0 Å². The first kappa shape index (κ1) is 20.9. The fraction of sp³-hybridized carbons (Fsp3) is 0.769. The molecule has 1 atom stereocenters. The lowest BCUT2D eigenvalue weighted by atomic mass is 10.2. The number of urea groups is 1. The number of rotatable bonds is 9. The Bertz CT molecular complexity index is 397. The number of alkyl carbamates (subject to hydrolysis) is 1. The van der Waals surface area contributed by atoms with Crippen LogP contribution >= 0.6 is 0 Å². The van der Waals surface area contributed by atoms with Gasteiger partial charge in [0, 0.05) is 19.6 Å². The van der Waals surface area contributed by atoms with Gasteiger partial charge < -0.3 is 36.9 Å². The predicted molar refractivity (Wildman–Crippen MR) is 83.6 cm³/mol. The molecule has 0 saturated carbocycles. The molecule has 0 aliphatic heterocycles. The summed E-state index contributed by atoms with van der Waals surface area (Å²) in [6.45, 7) is 6.38. The Morgan fingerprint density at radius 3 is 2.13 bits per heavy atom. The van der Waals surface area contributed by atoms with E-state index in [2.05, 4.69) is 16.0 Å². The van der Waals surface area contributed by atoms with Crippen molar-refractivity contribution in [1.29, 1.82) is 0 Å². The van der Waals surface area contributed by atoms with Crippen LogP contribution in [-0.4, -0.2) is 62.5 Å². The fourth-order valence-corrected chi connectivity index (χ4v) is 1.32. The van der Waals surface area contributed by atoms with Crippen molar-refractivity contribution in [2.45, 2.75) is 32.4 Å². The van der Waals surface area contributed by atoms with Crippen LogP contribution in [0.15, 0.2) is 0 Å². The molecule has 10 nitrogen and oxygen atoms in total. The van der Waals surface area contributed by atoms with Crippen molar-refractivity contribution < 1.29 is 23.9 Å². The van der Waals surface area contributed by atoms with Gasteiger partial charge in [-0.3, -0.25) is 4.79 Å². The zero-order chi connectivity index (χ0) is 17.9. The average molecular weight is 333 g/mol. The van der Waals surface area contributed by atoms with Crippen LogP contribution in [0, 0.1) is 0 Å². The maximum Gasteiger partial charge on any atom is 0.407 e. The summed E-state index contributed by atoms with van der Waals surface area (Å²) in [6.07, 6.45) is -0.512. The molecule has 0 heterocycles. The van der Waals surface area contributed by atoms with Gasteiger partial charge in [0.25, 0.3) is 0 Å². The van der Waals surface area contributed by atoms with Gasteiger partial charge in [0.1, 0.15) is 11.6 Å². The molecule has 0 aromatic heterocycles. The van der Waals surface area contributed by atoms with Gasteiger partial charge in [-0.1, -0.05) is 0 Å². The summed E-state index contributed by atoms with van der Waals surface area (Å²) >= 11 is 0. The van der Waals surface area contributed by atoms with Gasteiger partial charge in [0.05, 0.1) is 13.2 Å². The van der Waals surface area contributed by atoms with Crippen LogP contribution in [0.25, 0.3) is 0 Å². The highest BCUT2D eigenvalue weighted by Crippen LogP contribution is 2.05. The quantitative estimate of drug-likeness (QED) is 0.328. The molecule has 1 unspecified atom stereocenters. The number of hydrogen-bond acceptors (Lipinski definition) is 6. The number of nitrogens with two attached hydrogens (primary N) is 2. The average Bonchev–Trinajstić information content (AvgIpc) is 2.41. The molecule has 0 aliphatic carbocycles. The number of ether oxygens (including phenoxy) is 2. The van der Waals surface area contributed by atoms with Crippen LogP contribution in [0.5, 0.6) is 0 Å². The third-order valence-corrected chi connectivity index (χ3v) is 2.29. The summed E-state index contributed by atoms with van der Waals surface area (Å²) in [5, 5.41) is 7.32. The number of carbonyl (C=O) groups is 3. The highest BCUT2D eigenvalue weighted by Gasteiger charge is 2.15. The van der Waals surface area contributed by atoms with Crippen LogP contribution < -0.4 is 27.4 Å². The van der Waals surface area contributed by atoms with E-state index in [9.17, 15) is 14.4 Å². The summed E-state index contributed by atoms with van der Waals surface area (Å²) in [5.41, 5.74) is 9.85. The van der Waals surface area contributed by atoms with Gasteiger partial charge in [-0.25, -0.2) is 9.59 Å². The maximum atomic E-state index is 11.5. The van der Waals surface area contributed by atoms with E-state index in [0.29, 0.717) is 6.54 Å². The second kappa shape index (κ2) is 10.6. The summed E-state index contributed by atoms with van der Waals surface area (Å²) in [6, 6.07) is -1.62. The Balaban J connectivity index is 3.57. The third kappa shape index (κ3) is 13.3. The van der Waals surface area contributed by atoms with Gasteiger partial charge in [-0.05, 0) is 20.8 Å². The van der Waals surface area contributed by atoms with Crippen molar-refractivity contribution in [3.8, 4) is 0 Å². The highest BCUT2D eigenvalue weighted by atomic mass is 16.6. The molecular formula is C13H27N5O5. The van der Waals surface area contributed by atoms with E-state index < -0.39 is 29.7 Å².